The third-order valence-corrected chi connectivity index (χ3v) is 9.17. The summed E-state index contributed by atoms with van der Waals surface area (Å²) in [7, 11) is 0. The van der Waals surface area contributed by atoms with E-state index in [1.807, 2.05) is 57.2 Å². The van der Waals surface area contributed by atoms with Crippen LogP contribution in [0.1, 0.15) is 32.8 Å². The Morgan fingerprint density at radius 1 is 0.957 bits per heavy atom. The summed E-state index contributed by atoms with van der Waals surface area (Å²) in [5.41, 5.74) is 1.31. The van der Waals surface area contributed by atoms with E-state index in [1.54, 1.807) is 15.9 Å². The number of piperazine rings is 2. The number of carbonyl (C=O) groups is 2. The molecule has 2 fully saturated rings. The smallest absolute Gasteiger partial charge is 0.410 e. The van der Waals surface area contributed by atoms with Gasteiger partial charge in [0, 0.05) is 70.4 Å². The Morgan fingerprint density at radius 2 is 1.61 bits per heavy atom. The van der Waals surface area contributed by atoms with Gasteiger partial charge in [-0.2, -0.15) is 0 Å². The highest BCUT2D eigenvalue weighted by atomic mass is 79.9. The standard InChI is InChI=1S/C33H40BrClFN5O5/c1-33(2,3)46-32(43)41-13-11-38(12-14-41)10-7-19-44-27-21-26(24-20-25(35)28(34)29(36)30(24)37-27)39-15-17-40(18-16-39)31(42)45-22-23-8-5-4-6-9-23/h4-6,8-9,20-21H,7,10-19,22H2,1-3H3. The van der Waals surface area contributed by atoms with E-state index in [0.29, 0.717) is 57.1 Å². The van der Waals surface area contributed by atoms with E-state index in [4.69, 9.17) is 25.8 Å². The summed E-state index contributed by atoms with van der Waals surface area (Å²) in [6, 6.07) is 13.1. The second-order valence-corrected chi connectivity index (χ2v) is 13.6. The summed E-state index contributed by atoms with van der Waals surface area (Å²) < 4.78 is 32.6. The molecule has 46 heavy (non-hydrogen) atoms. The number of hydrogen-bond donors (Lipinski definition) is 0. The van der Waals surface area contributed by atoms with Crippen molar-refractivity contribution in [2.24, 2.45) is 0 Å². The van der Waals surface area contributed by atoms with E-state index in [0.717, 1.165) is 37.3 Å². The molecule has 0 saturated carbocycles. The lowest BCUT2D eigenvalue weighted by atomic mass is 10.1. The molecule has 2 aromatic carbocycles. The summed E-state index contributed by atoms with van der Waals surface area (Å²) >= 11 is 9.60. The van der Waals surface area contributed by atoms with Crippen LogP contribution in [0.5, 0.6) is 5.88 Å². The number of anilines is 1. The number of aromatic nitrogens is 1. The first kappa shape index (κ1) is 34.0. The zero-order chi connectivity index (χ0) is 32.8. The Bertz CT molecular complexity index is 1530. The molecule has 0 radical (unpaired) electrons. The number of rotatable bonds is 8. The lowest BCUT2D eigenvalue weighted by molar-refractivity contribution is 0.0142. The van der Waals surface area contributed by atoms with Gasteiger partial charge in [-0.25, -0.2) is 19.0 Å². The van der Waals surface area contributed by atoms with E-state index < -0.39 is 11.4 Å². The fourth-order valence-electron chi connectivity index (χ4n) is 5.45. The normalized spacial score (nSPS) is 16.1. The van der Waals surface area contributed by atoms with Crippen molar-refractivity contribution < 1.29 is 28.2 Å². The monoisotopic (exact) mass is 719 g/mol. The molecule has 5 rings (SSSR count). The maximum absolute atomic E-state index is 15.4. The van der Waals surface area contributed by atoms with Crippen LogP contribution in [0.2, 0.25) is 5.02 Å². The molecule has 10 nitrogen and oxygen atoms in total. The number of amides is 2. The Balaban J connectivity index is 1.18. The minimum atomic E-state index is -0.555. The van der Waals surface area contributed by atoms with E-state index in [1.165, 1.54) is 0 Å². The Hall–Kier alpha value is -3.35. The second kappa shape index (κ2) is 15.0. The molecule has 13 heteroatoms. The maximum atomic E-state index is 15.4. The van der Waals surface area contributed by atoms with Crippen LogP contribution < -0.4 is 9.64 Å². The molecule has 3 heterocycles. The van der Waals surface area contributed by atoms with Gasteiger partial charge >= 0.3 is 12.2 Å². The molecule has 0 atom stereocenters. The van der Waals surface area contributed by atoms with Gasteiger partial charge in [0.15, 0.2) is 5.82 Å². The van der Waals surface area contributed by atoms with Crippen LogP contribution in [0.15, 0.2) is 46.9 Å². The van der Waals surface area contributed by atoms with Crippen molar-refractivity contribution in [3.05, 3.63) is 63.3 Å². The number of hydrogen-bond acceptors (Lipinski definition) is 8. The third-order valence-electron chi connectivity index (χ3n) is 7.87. The maximum Gasteiger partial charge on any atom is 0.410 e. The molecule has 2 saturated heterocycles. The topological polar surface area (TPSA) is 87.7 Å². The minimum absolute atomic E-state index is 0.147. The molecular formula is C33H40BrClFN5O5. The molecular weight excluding hydrogens is 681 g/mol. The van der Waals surface area contributed by atoms with Gasteiger partial charge < -0.3 is 28.9 Å². The summed E-state index contributed by atoms with van der Waals surface area (Å²) in [6.45, 7) is 11.6. The molecule has 248 valence electrons. The van der Waals surface area contributed by atoms with E-state index in [9.17, 15) is 9.59 Å². The van der Waals surface area contributed by atoms with Crippen molar-refractivity contribution in [2.75, 3.05) is 70.4 Å². The van der Waals surface area contributed by atoms with Gasteiger partial charge in [0.2, 0.25) is 5.88 Å². The quantitative estimate of drug-likeness (QED) is 0.191. The third kappa shape index (κ3) is 8.71. The Kier molecular flexibility index (Phi) is 11.1. The SMILES string of the molecule is CC(C)(C)OC(=O)N1CCN(CCCOc2cc(N3CCN(C(=O)OCc4ccccc4)CC3)c3cc(Cl)c(Br)c(F)c3n2)CC1. The molecule has 1 aromatic heterocycles. The molecule has 2 aliphatic rings. The van der Waals surface area contributed by atoms with Crippen molar-refractivity contribution in [2.45, 2.75) is 39.4 Å². The average Bonchev–Trinajstić information content (AvgIpc) is 3.04. The first-order valence-corrected chi connectivity index (χ1v) is 16.7. The van der Waals surface area contributed by atoms with Gasteiger partial charge in [-0.15, -0.1) is 0 Å². The lowest BCUT2D eigenvalue weighted by Crippen LogP contribution is -2.50. The van der Waals surface area contributed by atoms with Gasteiger partial charge in [-0.1, -0.05) is 41.9 Å². The number of ether oxygens (including phenoxy) is 3. The summed E-state index contributed by atoms with van der Waals surface area (Å²) in [6.07, 6.45) is 0.0903. The summed E-state index contributed by atoms with van der Waals surface area (Å²) in [5.74, 6) is -0.241. The number of nitrogens with zero attached hydrogens (tertiary/aromatic N) is 5. The number of benzene rings is 2. The Morgan fingerprint density at radius 3 is 2.28 bits per heavy atom. The molecule has 0 aliphatic carbocycles. The van der Waals surface area contributed by atoms with Crippen molar-refractivity contribution in [1.29, 1.82) is 0 Å². The van der Waals surface area contributed by atoms with Crippen LogP contribution in [0, 0.1) is 5.82 Å². The second-order valence-electron chi connectivity index (χ2n) is 12.4. The number of halogens is 3. The van der Waals surface area contributed by atoms with Crippen molar-refractivity contribution in [3.8, 4) is 5.88 Å². The van der Waals surface area contributed by atoms with Crippen molar-refractivity contribution in [3.63, 3.8) is 0 Å². The van der Waals surface area contributed by atoms with Crippen molar-refractivity contribution >= 4 is 56.3 Å². The summed E-state index contributed by atoms with van der Waals surface area (Å²) in [4.78, 5) is 37.4. The molecule has 0 spiro atoms. The van der Waals surface area contributed by atoms with Crippen LogP contribution in [-0.2, 0) is 16.1 Å². The van der Waals surface area contributed by atoms with Gasteiger partial charge in [-0.05, 0) is 54.8 Å². The minimum Gasteiger partial charge on any atom is -0.478 e. The van der Waals surface area contributed by atoms with Crippen LogP contribution in [0.3, 0.4) is 0 Å². The highest BCUT2D eigenvalue weighted by Gasteiger charge is 2.27. The van der Waals surface area contributed by atoms with Crippen molar-refractivity contribution in [1.82, 2.24) is 19.7 Å². The number of carbonyl (C=O) groups excluding carboxylic acids is 2. The fraction of sp³-hybridized carbons (Fsp3) is 0.485. The van der Waals surface area contributed by atoms with Crippen LogP contribution in [0.4, 0.5) is 19.7 Å². The highest BCUT2D eigenvalue weighted by molar-refractivity contribution is 9.10. The van der Waals surface area contributed by atoms with Crippen LogP contribution >= 0.6 is 27.5 Å². The predicted octanol–water partition coefficient (Wildman–Crippen LogP) is 6.57. The zero-order valence-corrected chi connectivity index (χ0v) is 28.8. The molecule has 0 bridgehead atoms. The van der Waals surface area contributed by atoms with E-state index >= 15 is 4.39 Å². The molecule has 0 N–H and O–H groups in total. The first-order chi connectivity index (χ1) is 22.0. The first-order valence-electron chi connectivity index (χ1n) is 15.5. The molecule has 2 aliphatic heterocycles. The largest absolute Gasteiger partial charge is 0.478 e. The van der Waals surface area contributed by atoms with Gasteiger partial charge in [0.05, 0.1) is 21.8 Å². The molecule has 3 aromatic rings. The number of pyridine rings is 1. The fourth-order valence-corrected chi connectivity index (χ4v) is 5.94. The average molecular weight is 721 g/mol. The van der Waals surface area contributed by atoms with Crippen LogP contribution in [-0.4, -0.2) is 103 Å². The van der Waals surface area contributed by atoms with Gasteiger partial charge in [-0.3, -0.25) is 4.90 Å². The summed E-state index contributed by atoms with van der Waals surface area (Å²) in [5, 5.41) is 0.817. The number of fused-ring (bicyclic) bond motifs is 1. The molecule has 0 unspecified atom stereocenters. The Labute approximate surface area is 282 Å². The predicted molar refractivity (Wildman–Crippen MR) is 179 cm³/mol. The van der Waals surface area contributed by atoms with E-state index in [-0.39, 0.29) is 33.8 Å². The molecule has 2 amide bonds. The van der Waals surface area contributed by atoms with Crippen LogP contribution in [0.25, 0.3) is 10.9 Å². The van der Waals surface area contributed by atoms with E-state index in [2.05, 4.69) is 30.7 Å². The van der Waals surface area contributed by atoms with Gasteiger partial charge in [0.25, 0.3) is 0 Å². The highest BCUT2D eigenvalue weighted by Crippen LogP contribution is 2.38. The van der Waals surface area contributed by atoms with Gasteiger partial charge in [0.1, 0.15) is 17.7 Å². The zero-order valence-electron chi connectivity index (χ0n) is 26.4. The lowest BCUT2D eigenvalue weighted by Gasteiger charge is -2.36.